The minimum absolute atomic E-state index is 0.165. The van der Waals surface area contributed by atoms with Gasteiger partial charge in [0.1, 0.15) is 11.9 Å². The van der Waals surface area contributed by atoms with E-state index in [0.717, 1.165) is 50.0 Å². The maximum absolute atomic E-state index is 5.61. The molecule has 0 N–H and O–H groups in total. The molecule has 1 fully saturated rings. The third-order valence-corrected chi connectivity index (χ3v) is 3.33. The Hall–Kier alpha value is -0.900. The van der Waals surface area contributed by atoms with Gasteiger partial charge in [0, 0.05) is 19.6 Å². The quantitative estimate of drug-likeness (QED) is 0.704. The Kier molecular flexibility index (Phi) is 2.24. The van der Waals surface area contributed by atoms with E-state index in [2.05, 4.69) is 21.7 Å². The molecule has 0 amide bonds. The lowest BCUT2D eigenvalue weighted by atomic mass is 10.0. The van der Waals surface area contributed by atoms with E-state index in [1.54, 1.807) is 0 Å². The highest BCUT2D eigenvalue weighted by atomic mass is 16.5. The van der Waals surface area contributed by atoms with Gasteiger partial charge in [-0.15, -0.1) is 0 Å². The first-order chi connectivity index (χ1) is 7.33. The molecular weight excluding hydrogens is 190 g/mol. The number of hydrogen-bond donors (Lipinski definition) is 0. The molecule has 0 radical (unpaired) electrons. The molecule has 0 bridgehead atoms. The second-order valence-electron chi connectivity index (χ2n) is 4.71. The average Bonchev–Trinajstić information content (AvgIpc) is 2.84. The van der Waals surface area contributed by atoms with Crippen LogP contribution in [-0.2, 0) is 17.7 Å². The summed E-state index contributed by atoms with van der Waals surface area (Å²) in [5.74, 6) is 2.80. The summed E-state index contributed by atoms with van der Waals surface area (Å²) in [6.07, 6.45) is 4.70. The third kappa shape index (κ3) is 1.67. The smallest absolute Gasteiger partial charge is 0.179 e. The van der Waals surface area contributed by atoms with E-state index in [9.17, 15) is 0 Å². The number of rotatable bonds is 1. The Balaban J connectivity index is 1.85. The predicted octanol–water partition coefficient (Wildman–Crippen LogP) is 1.71. The number of aryl methyl sites for hydroxylation is 1. The van der Waals surface area contributed by atoms with Gasteiger partial charge >= 0.3 is 0 Å². The van der Waals surface area contributed by atoms with Crippen LogP contribution in [0.15, 0.2) is 0 Å². The number of ether oxygens (including phenoxy) is 1. The summed E-state index contributed by atoms with van der Waals surface area (Å²) >= 11 is 0. The summed E-state index contributed by atoms with van der Waals surface area (Å²) in [4.78, 5) is 4.59. The fraction of sp³-hybridized carbons (Fsp3) is 0.818. The molecule has 0 spiro atoms. The molecule has 82 valence electrons. The molecule has 2 aliphatic rings. The van der Waals surface area contributed by atoms with Gasteiger partial charge in [-0.2, -0.15) is 5.10 Å². The van der Waals surface area contributed by atoms with Crippen LogP contribution in [0.3, 0.4) is 0 Å². The Bertz CT molecular complexity index is 355. The van der Waals surface area contributed by atoms with Crippen molar-refractivity contribution in [2.45, 2.75) is 45.3 Å². The Labute approximate surface area is 89.6 Å². The number of hydrogen-bond acceptors (Lipinski definition) is 3. The van der Waals surface area contributed by atoms with E-state index in [1.165, 1.54) is 6.42 Å². The minimum Gasteiger partial charge on any atom is -0.370 e. The highest BCUT2D eigenvalue weighted by Crippen LogP contribution is 2.27. The van der Waals surface area contributed by atoms with Crippen LogP contribution in [0.5, 0.6) is 0 Å². The lowest BCUT2D eigenvalue weighted by Gasteiger charge is -2.17. The molecule has 0 aliphatic carbocycles. The second-order valence-corrected chi connectivity index (χ2v) is 4.71. The number of nitrogens with zero attached hydrogens (tertiary/aromatic N) is 3. The summed E-state index contributed by atoms with van der Waals surface area (Å²) in [7, 11) is 0. The standard InChI is InChI=1S/C11H17N3O/c1-8-4-5-10-12-11(13-14(10)7-8)9-3-2-6-15-9/h8-9H,2-7H2,1H3. The van der Waals surface area contributed by atoms with Gasteiger partial charge in [-0.1, -0.05) is 6.92 Å². The van der Waals surface area contributed by atoms with Crippen LogP contribution in [0.1, 0.15) is 43.9 Å². The van der Waals surface area contributed by atoms with Gasteiger partial charge in [0.05, 0.1) is 0 Å². The Morgan fingerprint density at radius 1 is 1.40 bits per heavy atom. The molecular formula is C11H17N3O. The molecule has 2 aliphatic heterocycles. The van der Waals surface area contributed by atoms with E-state index in [0.29, 0.717) is 0 Å². The van der Waals surface area contributed by atoms with Crippen molar-refractivity contribution >= 4 is 0 Å². The van der Waals surface area contributed by atoms with Crippen LogP contribution >= 0.6 is 0 Å². The molecule has 0 aromatic carbocycles. The van der Waals surface area contributed by atoms with Crippen molar-refractivity contribution in [3.8, 4) is 0 Å². The monoisotopic (exact) mass is 207 g/mol. The summed E-state index contributed by atoms with van der Waals surface area (Å²) in [6, 6.07) is 0. The normalized spacial score (nSPS) is 30.5. The molecule has 3 heterocycles. The van der Waals surface area contributed by atoms with Crippen LogP contribution in [-0.4, -0.2) is 21.4 Å². The highest BCUT2D eigenvalue weighted by Gasteiger charge is 2.25. The van der Waals surface area contributed by atoms with Gasteiger partial charge in [0.2, 0.25) is 0 Å². The molecule has 4 nitrogen and oxygen atoms in total. The number of fused-ring (bicyclic) bond motifs is 1. The van der Waals surface area contributed by atoms with Crippen molar-refractivity contribution in [3.05, 3.63) is 11.6 Å². The molecule has 15 heavy (non-hydrogen) atoms. The largest absolute Gasteiger partial charge is 0.370 e. The van der Waals surface area contributed by atoms with Crippen molar-refractivity contribution in [3.63, 3.8) is 0 Å². The molecule has 1 aromatic rings. The van der Waals surface area contributed by atoms with E-state index in [1.807, 2.05) is 0 Å². The molecule has 2 unspecified atom stereocenters. The van der Waals surface area contributed by atoms with Crippen molar-refractivity contribution in [1.82, 2.24) is 14.8 Å². The van der Waals surface area contributed by atoms with Gasteiger partial charge in [0.25, 0.3) is 0 Å². The SMILES string of the molecule is CC1CCc2nc(C3CCCO3)nn2C1. The Morgan fingerprint density at radius 3 is 3.13 bits per heavy atom. The fourth-order valence-corrected chi connectivity index (χ4v) is 2.40. The maximum atomic E-state index is 5.61. The molecule has 4 heteroatoms. The van der Waals surface area contributed by atoms with Crippen LogP contribution in [0.25, 0.3) is 0 Å². The molecule has 3 rings (SSSR count). The van der Waals surface area contributed by atoms with Crippen molar-refractivity contribution < 1.29 is 4.74 Å². The zero-order chi connectivity index (χ0) is 10.3. The maximum Gasteiger partial charge on any atom is 0.179 e. The Morgan fingerprint density at radius 2 is 2.33 bits per heavy atom. The van der Waals surface area contributed by atoms with E-state index in [-0.39, 0.29) is 6.10 Å². The molecule has 0 saturated carbocycles. The zero-order valence-electron chi connectivity index (χ0n) is 9.15. The van der Waals surface area contributed by atoms with Crippen molar-refractivity contribution in [1.29, 1.82) is 0 Å². The summed E-state index contributed by atoms with van der Waals surface area (Å²) < 4.78 is 7.68. The van der Waals surface area contributed by atoms with Gasteiger partial charge < -0.3 is 4.74 Å². The summed E-state index contributed by atoms with van der Waals surface area (Å²) in [6.45, 7) is 4.16. The van der Waals surface area contributed by atoms with E-state index >= 15 is 0 Å². The molecule has 2 atom stereocenters. The average molecular weight is 207 g/mol. The first kappa shape index (κ1) is 9.33. The molecule has 1 aromatic heterocycles. The fourth-order valence-electron chi connectivity index (χ4n) is 2.40. The van der Waals surface area contributed by atoms with Gasteiger partial charge in [0.15, 0.2) is 5.82 Å². The first-order valence-corrected chi connectivity index (χ1v) is 5.88. The summed E-state index contributed by atoms with van der Waals surface area (Å²) in [5.41, 5.74) is 0. The molecule has 1 saturated heterocycles. The second kappa shape index (κ2) is 3.59. The number of aromatic nitrogens is 3. The van der Waals surface area contributed by atoms with E-state index < -0.39 is 0 Å². The lowest BCUT2D eigenvalue weighted by molar-refractivity contribution is 0.105. The van der Waals surface area contributed by atoms with Crippen LogP contribution in [0, 0.1) is 5.92 Å². The van der Waals surface area contributed by atoms with Crippen LogP contribution < -0.4 is 0 Å². The highest BCUT2D eigenvalue weighted by molar-refractivity contribution is 5.00. The third-order valence-electron chi connectivity index (χ3n) is 3.33. The lowest BCUT2D eigenvalue weighted by Crippen LogP contribution is -2.18. The predicted molar refractivity (Wildman–Crippen MR) is 55.4 cm³/mol. The first-order valence-electron chi connectivity index (χ1n) is 5.88. The van der Waals surface area contributed by atoms with E-state index in [4.69, 9.17) is 4.74 Å². The van der Waals surface area contributed by atoms with Crippen LogP contribution in [0.2, 0.25) is 0 Å². The summed E-state index contributed by atoms with van der Waals surface area (Å²) in [5, 5.41) is 4.56. The van der Waals surface area contributed by atoms with Crippen LogP contribution in [0.4, 0.5) is 0 Å². The van der Waals surface area contributed by atoms with Gasteiger partial charge in [-0.3, -0.25) is 0 Å². The zero-order valence-corrected chi connectivity index (χ0v) is 9.15. The van der Waals surface area contributed by atoms with Gasteiger partial charge in [-0.05, 0) is 25.2 Å². The minimum atomic E-state index is 0.165. The van der Waals surface area contributed by atoms with Crippen molar-refractivity contribution in [2.75, 3.05) is 6.61 Å². The van der Waals surface area contributed by atoms with Crippen molar-refractivity contribution in [2.24, 2.45) is 5.92 Å². The topological polar surface area (TPSA) is 39.9 Å². The van der Waals surface area contributed by atoms with Gasteiger partial charge in [-0.25, -0.2) is 9.67 Å².